The lowest BCUT2D eigenvalue weighted by Gasteiger charge is -2.05. The van der Waals surface area contributed by atoms with E-state index >= 15 is 0 Å². The van der Waals surface area contributed by atoms with Gasteiger partial charge in [-0.3, -0.25) is 0 Å². The van der Waals surface area contributed by atoms with Gasteiger partial charge in [0.2, 0.25) is 0 Å². The summed E-state index contributed by atoms with van der Waals surface area (Å²) in [5.41, 5.74) is 1.16. The van der Waals surface area contributed by atoms with Crippen LogP contribution in [0.5, 0.6) is 5.75 Å². The van der Waals surface area contributed by atoms with Crippen LogP contribution in [0.15, 0.2) is 24.3 Å². The summed E-state index contributed by atoms with van der Waals surface area (Å²) in [5, 5.41) is 0. The average molecular weight is 149 g/mol. The van der Waals surface area contributed by atoms with Crippen molar-refractivity contribution in [1.29, 1.82) is 0 Å². The highest BCUT2D eigenvalue weighted by Crippen LogP contribution is 2.28. The molecular formula is C10H12O. The Morgan fingerprint density at radius 1 is 1.64 bits per heavy atom. The van der Waals surface area contributed by atoms with Crippen molar-refractivity contribution < 1.29 is 6.11 Å². The molecule has 11 heavy (non-hydrogen) atoms. The quantitative estimate of drug-likeness (QED) is 0.595. The van der Waals surface area contributed by atoms with E-state index in [0.717, 1.165) is 24.2 Å². The lowest BCUT2D eigenvalue weighted by molar-refractivity contribution is 0.228. The number of hydrogen-bond donors (Lipinski definition) is 0. The molecule has 1 atom stereocenters. The van der Waals surface area contributed by atoms with Crippen LogP contribution in [0.2, 0.25) is 0 Å². The van der Waals surface area contributed by atoms with Crippen LogP contribution in [0.4, 0.5) is 0 Å². The molecule has 0 saturated heterocycles. The zero-order chi connectivity index (χ0) is 8.60. The van der Waals surface area contributed by atoms with E-state index in [9.17, 15) is 0 Å². The molecule has 1 unspecified atom stereocenters. The molecule has 0 amide bonds. The number of para-hydroxylation sites is 1. The Morgan fingerprint density at radius 3 is 3.18 bits per heavy atom. The fraction of sp³-hybridized carbons (Fsp3) is 0.400. The molecular weight excluding hydrogens is 136 g/mol. The lowest BCUT2D eigenvalue weighted by atomic mass is 10.1. The van der Waals surface area contributed by atoms with Crippen LogP contribution in [0.25, 0.3) is 0 Å². The Balaban J connectivity index is 2.33. The zero-order valence-corrected chi connectivity index (χ0v) is 6.63. The summed E-state index contributed by atoms with van der Waals surface area (Å²) < 4.78 is 13.4. The van der Waals surface area contributed by atoms with Crippen molar-refractivity contribution in [2.24, 2.45) is 0 Å². The van der Waals surface area contributed by atoms with Gasteiger partial charge in [-0.15, -0.1) is 0 Å². The highest BCUT2D eigenvalue weighted by Gasteiger charge is 2.19. The molecule has 0 fully saturated rings. The monoisotopic (exact) mass is 149 g/mol. The Labute approximate surface area is 68.4 Å². The third kappa shape index (κ3) is 1.11. The molecule has 0 spiro atoms. The third-order valence-corrected chi connectivity index (χ3v) is 2.01. The van der Waals surface area contributed by atoms with Crippen LogP contribution in [0, 0.1) is 0 Å². The van der Waals surface area contributed by atoms with Gasteiger partial charge in [0.25, 0.3) is 0 Å². The maximum Gasteiger partial charge on any atom is 0.123 e. The van der Waals surface area contributed by atoms with Crippen LogP contribution in [0.1, 0.15) is 20.3 Å². The fourth-order valence-electron chi connectivity index (χ4n) is 1.35. The molecule has 0 aromatic heterocycles. The van der Waals surface area contributed by atoms with Crippen LogP contribution in [0.3, 0.4) is 0 Å². The van der Waals surface area contributed by atoms with E-state index < -0.39 is 6.08 Å². The van der Waals surface area contributed by atoms with Gasteiger partial charge < -0.3 is 4.74 Å². The molecule has 1 nitrogen and oxygen atoms in total. The number of hydrogen-bond acceptors (Lipinski definition) is 1. The summed E-state index contributed by atoms with van der Waals surface area (Å²) >= 11 is 0. The van der Waals surface area contributed by atoms with Crippen molar-refractivity contribution in [1.82, 2.24) is 0 Å². The van der Waals surface area contributed by atoms with Gasteiger partial charge in [-0.2, -0.15) is 0 Å². The van der Waals surface area contributed by atoms with Gasteiger partial charge in [0.15, 0.2) is 0 Å². The molecule has 1 heterocycles. The predicted molar refractivity (Wildman–Crippen MR) is 44.9 cm³/mol. The van der Waals surface area contributed by atoms with Crippen molar-refractivity contribution in [3.63, 3.8) is 0 Å². The first kappa shape index (κ1) is 5.64. The van der Waals surface area contributed by atoms with Gasteiger partial charge in [0.05, 0.1) is 1.37 Å². The van der Waals surface area contributed by atoms with Crippen molar-refractivity contribution >= 4 is 0 Å². The summed E-state index contributed by atoms with van der Waals surface area (Å²) in [6, 6.07) is 7.90. The van der Waals surface area contributed by atoms with Crippen molar-refractivity contribution in [2.45, 2.75) is 25.8 Å². The van der Waals surface area contributed by atoms with E-state index in [1.807, 2.05) is 31.2 Å². The number of benzene rings is 1. The van der Waals surface area contributed by atoms with Crippen molar-refractivity contribution in [2.75, 3.05) is 0 Å². The predicted octanol–water partition coefficient (Wildman–Crippen LogP) is 2.40. The second kappa shape index (κ2) is 2.57. The number of rotatable bonds is 1. The molecule has 0 N–H and O–H groups in total. The van der Waals surface area contributed by atoms with Crippen LogP contribution >= 0.6 is 0 Å². The Morgan fingerprint density at radius 2 is 2.45 bits per heavy atom. The minimum atomic E-state index is -0.705. The molecule has 1 aromatic carbocycles. The zero-order valence-electron chi connectivity index (χ0n) is 7.63. The molecule has 0 radical (unpaired) electrons. The third-order valence-electron chi connectivity index (χ3n) is 2.01. The summed E-state index contributed by atoms with van der Waals surface area (Å²) in [6.45, 7) is 1.98. The van der Waals surface area contributed by atoms with E-state index in [2.05, 4.69) is 0 Å². The van der Waals surface area contributed by atoms with Crippen molar-refractivity contribution in [3.05, 3.63) is 29.8 Å². The fourth-order valence-corrected chi connectivity index (χ4v) is 1.35. The first-order valence-corrected chi connectivity index (χ1v) is 4.00. The first-order chi connectivity index (χ1) is 5.73. The summed E-state index contributed by atoms with van der Waals surface area (Å²) in [4.78, 5) is 0. The van der Waals surface area contributed by atoms with Crippen LogP contribution in [-0.4, -0.2) is 6.08 Å². The molecule has 2 rings (SSSR count). The lowest BCUT2D eigenvalue weighted by Crippen LogP contribution is -2.10. The molecule has 0 saturated carbocycles. The van der Waals surface area contributed by atoms with Crippen LogP contribution < -0.4 is 4.74 Å². The van der Waals surface area contributed by atoms with Gasteiger partial charge in [-0.05, 0) is 18.1 Å². The van der Waals surface area contributed by atoms with Gasteiger partial charge in [-0.1, -0.05) is 25.1 Å². The number of ether oxygens (including phenoxy) is 1. The highest BCUT2D eigenvalue weighted by molar-refractivity contribution is 5.37. The first-order valence-electron chi connectivity index (χ1n) is 4.50. The summed E-state index contributed by atoms with van der Waals surface area (Å²) in [6.07, 6.45) is 0.755. The molecule has 0 bridgehead atoms. The molecule has 0 aliphatic carbocycles. The molecule has 58 valence electrons. The average Bonchev–Trinajstić information content (AvgIpc) is 2.42. The Bertz CT molecular complexity index is 271. The summed E-state index contributed by atoms with van der Waals surface area (Å²) in [7, 11) is 0. The van der Waals surface area contributed by atoms with Gasteiger partial charge in [0.1, 0.15) is 11.8 Å². The van der Waals surface area contributed by atoms with E-state index in [4.69, 9.17) is 6.11 Å². The maximum atomic E-state index is 7.89. The maximum absolute atomic E-state index is 7.89. The number of fused-ring (bicyclic) bond motifs is 1. The molecule has 1 heteroatoms. The standard InChI is InChI=1S/C10H12O/c1-2-9-7-8-5-3-4-6-10(8)11-9/h3-6,9H,2,7H2,1H3/i9D. The van der Waals surface area contributed by atoms with Gasteiger partial charge >= 0.3 is 0 Å². The highest BCUT2D eigenvalue weighted by atomic mass is 16.5. The van der Waals surface area contributed by atoms with E-state index in [0.29, 0.717) is 0 Å². The Hall–Kier alpha value is -0.980. The second-order valence-electron chi connectivity index (χ2n) is 2.78. The topological polar surface area (TPSA) is 9.23 Å². The molecule has 1 aromatic rings. The van der Waals surface area contributed by atoms with Gasteiger partial charge in [0, 0.05) is 6.42 Å². The van der Waals surface area contributed by atoms with E-state index in [-0.39, 0.29) is 0 Å². The van der Waals surface area contributed by atoms with E-state index in [1.165, 1.54) is 0 Å². The minimum Gasteiger partial charge on any atom is -0.490 e. The van der Waals surface area contributed by atoms with Crippen LogP contribution in [-0.2, 0) is 6.42 Å². The second-order valence-corrected chi connectivity index (χ2v) is 2.78. The normalized spacial score (nSPS) is 29.0. The largest absolute Gasteiger partial charge is 0.490 e. The van der Waals surface area contributed by atoms with Crippen molar-refractivity contribution in [3.8, 4) is 5.75 Å². The Kier molecular flexibility index (Phi) is 1.32. The molecule has 1 aliphatic rings. The van der Waals surface area contributed by atoms with Gasteiger partial charge in [-0.25, -0.2) is 0 Å². The smallest absolute Gasteiger partial charge is 0.123 e. The summed E-state index contributed by atoms with van der Waals surface area (Å²) in [5.74, 6) is 0.884. The SMILES string of the molecule is [2H]C1(CC)Cc2ccccc2O1. The molecule has 1 aliphatic heterocycles. The minimum absolute atomic E-state index is 0.705. The van der Waals surface area contributed by atoms with E-state index in [1.54, 1.807) is 0 Å².